The number of carbonyl (C=O) groups excluding carboxylic acids is 1. The molecule has 5 fully saturated rings. The molecule has 0 aromatic rings. The highest BCUT2D eigenvalue weighted by atomic mass is 16.6. The third-order valence-corrected chi connectivity index (χ3v) is 7.77. The summed E-state index contributed by atoms with van der Waals surface area (Å²) in [5.41, 5.74) is -4.25. The Hall–Kier alpha value is -0.490. The molecular formula is C15H22O5. The average Bonchev–Trinajstić information content (AvgIpc) is 2.77. The molecule has 3 N–H and O–H groups in total. The van der Waals surface area contributed by atoms with Gasteiger partial charge in [-0.25, -0.2) is 0 Å². The van der Waals surface area contributed by atoms with E-state index in [1.165, 1.54) is 0 Å². The zero-order valence-electron chi connectivity index (χ0n) is 12.1. The maximum Gasteiger partial charge on any atom is 0.206 e. The molecule has 4 saturated carbocycles. The lowest BCUT2D eigenvalue weighted by Crippen LogP contribution is -2.83. The molecule has 0 aromatic heterocycles. The van der Waals surface area contributed by atoms with Crippen molar-refractivity contribution in [2.45, 2.75) is 57.5 Å². The lowest BCUT2D eigenvalue weighted by Gasteiger charge is -2.69. The maximum atomic E-state index is 12.8. The van der Waals surface area contributed by atoms with Crippen molar-refractivity contribution in [3.63, 3.8) is 0 Å². The van der Waals surface area contributed by atoms with Gasteiger partial charge < -0.3 is 20.1 Å². The Kier molecular flexibility index (Phi) is 1.98. The molecule has 20 heavy (non-hydrogen) atoms. The predicted molar refractivity (Wildman–Crippen MR) is 68.5 cm³/mol. The van der Waals surface area contributed by atoms with E-state index in [0.29, 0.717) is 6.42 Å². The second-order valence-corrected chi connectivity index (χ2v) is 7.79. The van der Waals surface area contributed by atoms with Crippen LogP contribution < -0.4 is 0 Å². The molecule has 5 heteroatoms. The van der Waals surface area contributed by atoms with Gasteiger partial charge >= 0.3 is 0 Å². The lowest BCUT2D eigenvalue weighted by molar-refractivity contribution is -0.368. The van der Waals surface area contributed by atoms with Crippen LogP contribution in [0, 0.1) is 22.2 Å². The van der Waals surface area contributed by atoms with Crippen LogP contribution in [0.5, 0.6) is 0 Å². The van der Waals surface area contributed by atoms with E-state index in [1.807, 2.05) is 13.8 Å². The van der Waals surface area contributed by atoms with Crippen molar-refractivity contribution in [3.05, 3.63) is 0 Å². The smallest absolute Gasteiger partial charge is 0.206 e. The number of aliphatic hydroxyl groups excluding tert-OH is 1. The van der Waals surface area contributed by atoms with Crippen molar-refractivity contribution in [1.29, 1.82) is 0 Å². The SMILES string of the molecule is CC1CC[C@@]2(O)C13CC(=O)[C@]1(C)[C@@]2(C)CO[C@@]1(O)C3O. The van der Waals surface area contributed by atoms with E-state index in [1.54, 1.807) is 6.92 Å². The maximum absolute atomic E-state index is 12.8. The Balaban J connectivity index is 2.10. The summed E-state index contributed by atoms with van der Waals surface area (Å²) in [5, 5.41) is 33.3. The summed E-state index contributed by atoms with van der Waals surface area (Å²) in [7, 11) is 0. The normalized spacial score (nSPS) is 67.6. The number of carbonyl (C=O) groups is 1. The van der Waals surface area contributed by atoms with Gasteiger partial charge in [0.1, 0.15) is 11.9 Å². The van der Waals surface area contributed by atoms with Gasteiger partial charge in [-0.05, 0) is 25.7 Å². The van der Waals surface area contributed by atoms with E-state index in [2.05, 4.69) is 0 Å². The van der Waals surface area contributed by atoms with Crippen molar-refractivity contribution < 1.29 is 24.9 Å². The van der Waals surface area contributed by atoms with Gasteiger partial charge in [0.05, 0.1) is 17.6 Å². The van der Waals surface area contributed by atoms with E-state index in [9.17, 15) is 20.1 Å². The molecule has 3 unspecified atom stereocenters. The summed E-state index contributed by atoms with van der Waals surface area (Å²) < 4.78 is 5.56. The molecule has 1 spiro atoms. The fourth-order valence-electron chi connectivity index (χ4n) is 6.15. The molecule has 1 aliphatic heterocycles. The number of ketones is 1. The van der Waals surface area contributed by atoms with Gasteiger partial charge in [0.25, 0.3) is 0 Å². The topological polar surface area (TPSA) is 87.0 Å². The van der Waals surface area contributed by atoms with E-state index in [0.717, 1.165) is 6.42 Å². The van der Waals surface area contributed by atoms with Crippen LogP contribution in [0.3, 0.4) is 0 Å². The summed E-state index contributed by atoms with van der Waals surface area (Å²) in [6.45, 7) is 5.54. The molecule has 1 heterocycles. The highest BCUT2D eigenvalue weighted by Crippen LogP contribution is 2.79. The first-order valence-corrected chi connectivity index (χ1v) is 7.42. The molecule has 7 atom stereocenters. The summed E-state index contributed by atoms with van der Waals surface area (Å²) in [6.07, 6.45) is 0.201. The van der Waals surface area contributed by atoms with Gasteiger partial charge in [-0.3, -0.25) is 4.79 Å². The molecule has 0 amide bonds. The lowest BCUT2D eigenvalue weighted by atomic mass is 9.35. The Morgan fingerprint density at radius 2 is 1.95 bits per heavy atom. The molecule has 5 aliphatic rings. The van der Waals surface area contributed by atoms with Crippen molar-refractivity contribution in [1.82, 2.24) is 0 Å². The van der Waals surface area contributed by atoms with Gasteiger partial charge in [0, 0.05) is 17.3 Å². The highest BCUT2D eigenvalue weighted by Gasteiger charge is 2.91. The minimum absolute atomic E-state index is 0.0242. The third kappa shape index (κ3) is 0.794. The van der Waals surface area contributed by atoms with E-state index >= 15 is 0 Å². The number of Topliss-reactive ketones (excluding diaryl/α,β-unsaturated/α-hetero) is 1. The second-order valence-electron chi connectivity index (χ2n) is 7.79. The Morgan fingerprint density at radius 3 is 2.60 bits per heavy atom. The first kappa shape index (κ1) is 13.2. The molecule has 0 aromatic carbocycles. The molecule has 4 bridgehead atoms. The Bertz CT molecular complexity index is 534. The molecule has 4 aliphatic carbocycles. The zero-order chi connectivity index (χ0) is 14.8. The van der Waals surface area contributed by atoms with Crippen LogP contribution in [0.2, 0.25) is 0 Å². The third-order valence-electron chi connectivity index (χ3n) is 7.77. The highest BCUT2D eigenvalue weighted by molar-refractivity contribution is 5.91. The van der Waals surface area contributed by atoms with Crippen LogP contribution in [0.15, 0.2) is 0 Å². The van der Waals surface area contributed by atoms with Crippen LogP contribution in [0.1, 0.15) is 40.0 Å². The summed E-state index contributed by atoms with van der Waals surface area (Å²) in [4.78, 5) is 12.8. The Morgan fingerprint density at radius 1 is 1.30 bits per heavy atom. The fourth-order valence-corrected chi connectivity index (χ4v) is 6.15. The van der Waals surface area contributed by atoms with E-state index in [-0.39, 0.29) is 24.7 Å². The number of aliphatic hydroxyl groups is 3. The summed E-state index contributed by atoms with van der Waals surface area (Å²) >= 11 is 0. The molecule has 112 valence electrons. The number of ether oxygens (including phenoxy) is 1. The predicted octanol–water partition coefficient (Wildman–Crippen LogP) is 0.212. The summed E-state index contributed by atoms with van der Waals surface area (Å²) in [5.74, 6) is -1.99. The first-order chi connectivity index (χ1) is 9.12. The van der Waals surface area contributed by atoms with Crippen molar-refractivity contribution in [2.24, 2.45) is 22.2 Å². The van der Waals surface area contributed by atoms with E-state index < -0.39 is 33.7 Å². The largest absolute Gasteiger partial charge is 0.388 e. The Labute approximate surface area is 117 Å². The molecule has 0 radical (unpaired) electrons. The molecule has 5 nitrogen and oxygen atoms in total. The van der Waals surface area contributed by atoms with Crippen LogP contribution in [0.4, 0.5) is 0 Å². The van der Waals surface area contributed by atoms with Crippen LogP contribution in [0.25, 0.3) is 0 Å². The molecule has 5 rings (SSSR count). The number of fused-ring (bicyclic) bond motifs is 1. The monoisotopic (exact) mass is 282 g/mol. The van der Waals surface area contributed by atoms with Crippen molar-refractivity contribution in [2.75, 3.05) is 6.61 Å². The van der Waals surface area contributed by atoms with Gasteiger partial charge in [0.2, 0.25) is 5.79 Å². The minimum Gasteiger partial charge on any atom is -0.388 e. The molecule has 1 saturated heterocycles. The standard InChI is InChI=1S/C15H22O5/c1-8-4-5-14(18)11(2)7-20-15(19)10(17)13(8,14)6-9(16)12(11,15)3/h8,10,17-19H,4-7H2,1-3H3/t8?,10?,11-,12-,13?,14+,15+/m1/s1. The number of rotatable bonds is 0. The van der Waals surface area contributed by atoms with Gasteiger partial charge in [-0.2, -0.15) is 0 Å². The van der Waals surface area contributed by atoms with Gasteiger partial charge in [-0.1, -0.05) is 13.8 Å². The molecular weight excluding hydrogens is 260 g/mol. The van der Waals surface area contributed by atoms with E-state index in [4.69, 9.17) is 4.74 Å². The number of hydrogen-bond acceptors (Lipinski definition) is 5. The second kappa shape index (κ2) is 3.00. The van der Waals surface area contributed by atoms with Crippen molar-refractivity contribution in [3.8, 4) is 0 Å². The van der Waals surface area contributed by atoms with Crippen LogP contribution in [-0.4, -0.2) is 45.2 Å². The quantitative estimate of drug-likeness (QED) is 0.591. The van der Waals surface area contributed by atoms with Gasteiger partial charge in [-0.15, -0.1) is 0 Å². The zero-order valence-corrected chi connectivity index (χ0v) is 12.1. The fraction of sp³-hybridized carbons (Fsp3) is 0.933. The van der Waals surface area contributed by atoms with Crippen LogP contribution >= 0.6 is 0 Å². The van der Waals surface area contributed by atoms with Gasteiger partial charge in [0.15, 0.2) is 0 Å². The number of hydrogen-bond donors (Lipinski definition) is 3. The first-order valence-electron chi connectivity index (χ1n) is 7.42. The van der Waals surface area contributed by atoms with Crippen LogP contribution in [-0.2, 0) is 9.53 Å². The minimum atomic E-state index is -1.87. The van der Waals surface area contributed by atoms with Crippen molar-refractivity contribution >= 4 is 5.78 Å². The average molecular weight is 282 g/mol. The summed E-state index contributed by atoms with van der Waals surface area (Å²) in [6, 6.07) is 0.